The summed E-state index contributed by atoms with van der Waals surface area (Å²) in [7, 11) is 1.69. The highest BCUT2D eigenvalue weighted by molar-refractivity contribution is 7.99. The third-order valence-corrected chi connectivity index (χ3v) is 4.74. The van der Waals surface area contributed by atoms with Gasteiger partial charge in [-0.05, 0) is 32.6 Å². The number of thioether (sulfide) groups is 1. The van der Waals surface area contributed by atoms with E-state index in [1.54, 1.807) is 13.4 Å². The van der Waals surface area contributed by atoms with E-state index in [2.05, 4.69) is 17.1 Å². The molecule has 1 fully saturated rings. The Morgan fingerprint density at radius 2 is 2.38 bits per heavy atom. The molecule has 2 rings (SSSR count). The van der Waals surface area contributed by atoms with Gasteiger partial charge in [0, 0.05) is 32.8 Å². The average molecular weight is 312 g/mol. The number of rotatable bonds is 7. The van der Waals surface area contributed by atoms with Crippen molar-refractivity contribution < 1.29 is 9.53 Å². The topological polar surface area (TPSA) is 60.2 Å². The Morgan fingerprint density at radius 1 is 1.52 bits per heavy atom. The number of carbonyl (C=O) groups is 1. The van der Waals surface area contributed by atoms with Crippen LogP contribution >= 0.6 is 11.8 Å². The van der Waals surface area contributed by atoms with E-state index in [4.69, 9.17) is 4.74 Å². The molecule has 0 saturated carbocycles. The molecule has 1 atom stereocenters. The third-order valence-electron chi connectivity index (χ3n) is 3.78. The molecule has 0 spiro atoms. The van der Waals surface area contributed by atoms with Gasteiger partial charge in [-0.2, -0.15) is 0 Å². The van der Waals surface area contributed by atoms with Crippen molar-refractivity contribution in [3.8, 4) is 0 Å². The summed E-state index contributed by atoms with van der Waals surface area (Å²) in [6, 6.07) is 0.367. The summed E-state index contributed by atoms with van der Waals surface area (Å²) >= 11 is 1.47. The maximum absolute atomic E-state index is 12.3. The van der Waals surface area contributed by atoms with E-state index in [-0.39, 0.29) is 5.91 Å². The van der Waals surface area contributed by atoms with Crippen molar-refractivity contribution >= 4 is 17.7 Å². The first-order valence-electron chi connectivity index (χ1n) is 7.51. The van der Waals surface area contributed by atoms with Crippen LogP contribution < -0.4 is 0 Å². The fourth-order valence-corrected chi connectivity index (χ4v) is 3.39. The monoisotopic (exact) mass is 312 g/mol. The molecule has 2 heterocycles. The molecule has 1 saturated heterocycles. The average Bonchev–Trinajstić information content (AvgIpc) is 2.93. The van der Waals surface area contributed by atoms with Crippen LogP contribution in [-0.4, -0.2) is 57.6 Å². The minimum atomic E-state index is 0.207. The Hall–Kier alpha value is -1.08. The molecule has 1 aromatic rings. The molecule has 1 aliphatic heterocycles. The Bertz CT molecular complexity index is 452. The molecule has 1 aromatic heterocycles. The lowest BCUT2D eigenvalue weighted by Crippen LogP contribution is -2.43. The van der Waals surface area contributed by atoms with Crippen molar-refractivity contribution in [2.75, 3.05) is 26.0 Å². The molecule has 0 bridgehead atoms. The molecular formula is C14H24N4O2S. The number of piperidine rings is 1. The van der Waals surface area contributed by atoms with Crippen molar-refractivity contribution in [3.63, 3.8) is 0 Å². The van der Waals surface area contributed by atoms with Crippen LogP contribution in [0, 0.1) is 0 Å². The Balaban J connectivity index is 1.82. The van der Waals surface area contributed by atoms with E-state index >= 15 is 0 Å². The number of hydrogen-bond acceptors (Lipinski definition) is 5. The van der Waals surface area contributed by atoms with Gasteiger partial charge in [0.2, 0.25) is 5.91 Å². The quantitative estimate of drug-likeness (QED) is 0.567. The lowest BCUT2D eigenvalue weighted by Gasteiger charge is -2.33. The molecule has 1 unspecified atom stereocenters. The van der Waals surface area contributed by atoms with Gasteiger partial charge in [-0.15, -0.1) is 10.2 Å². The van der Waals surface area contributed by atoms with Crippen LogP contribution in [0.2, 0.25) is 0 Å². The highest BCUT2D eigenvalue weighted by Crippen LogP contribution is 2.20. The highest BCUT2D eigenvalue weighted by atomic mass is 32.2. The summed E-state index contributed by atoms with van der Waals surface area (Å²) in [5, 5.41) is 8.84. The molecule has 0 aliphatic carbocycles. The fraction of sp³-hybridized carbons (Fsp3) is 0.786. The zero-order chi connectivity index (χ0) is 15.1. The maximum atomic E-state index is 12.3. The zero-order valence-electron chi connectivity index (χ0n) is 12.8. The number of amides is 1. The van der Waals surface area contributed by atoms with Crippen molar-refractivity contribution in [1.82, 2.24) is 19.7 Å². The van der Waals surface area contributed by atoms with Crippen molar-refractivity contribution in [3.05, 3.63) is 6.33 Å². The van der Waals surface area contributed by atoms with Gasteiger partial charge in [-0.1, -0.05) is 11.8 Å². The maximum Gasteiger partial charge on any atom is 0.233 e. The summed E-state index contributed by atoms with van der Waals surface area (Å²) in [6.07, 6.45) is 6.09. The lowest BCUT2D eigenvalue weighted by molar-refractivity contribution is -0.131. The first kappa shape index (κ1) is 16.3. The number of aryl methyl sites for hydroxylation is 1. The van der Waals surface area contributed by atoms with E-state index in [9.17, 15) is 4.79 Å². The summed E-state index contributed by atoms with van der Waals surface area (Å²) < 4.78 is 7.03. The Morgan fingerprint density at radius 3 is 3.14 bits per heavy atom. The number of nitrogens with zero attached hydrogens (tertiary/aromatic N) is 4. The van der Waals surface area contributed by atoms with Gasteiger partial charge >= 0.3 is 0 Å². The molecule has 118 valence electrons. The van der Waals surface area contributed by atoms with Gasteiger partial charge < -0.3 is 14.2 Å². The molecule has 21 heavy (non-hydrogen) atoms. The molecule has 6 nitrogen and oxygen atoms in total. The Labute approximate surface area is 130 Å². The molecule has 1 amide bonds. The standard InChI is InChI=1S/C14H24N4O2S/c1-12-6-3-4-8-18(12)13(19)10-21-14-16-15-11-17(14)7-5-9-20-2/h11-12H,3-10H2,1-2H3. The highest BCUT2D eigenvalue weighted by Gasteiger charge is 2.23. The van der Waals surface area contributed by atoms with E-state index < -0.39 is 0 Å². The van der Waals surface area contributed by atoms with Gasteiger partial charge in [-0.25, -0.2) is 0 Å². The Kier molecular flexibility index (Phi) is 6.50. The van der Waals surface area contributed by atoms with Crippen LogP contribution in [0.25, 0.3) is 0 Å². The van der Waals surface area contributed by atoms with E-state index in [0.29, 0.717) is 18.4 Å². The minimum absolute atomic E-state index is 0.207. The molecule has 0 radical (unpaired) electrons. The second-order valence-electron chi connectivity index (χ2n) is 5.37. The molecule has 0 N–H and O–H groups in total. The predicted molar refractivity (Wildman–Crippen MR) is 82.3 cm³/mol. The molecule has 0 aromatic carbocycles. The number of hydrogen-bond donors (Lipinski definition) is 0. The second kappa shape index (κ2) is 8.38. The SMILES string of the molecule is COCCCn1cnnc1SCC(=O)N1CCCCC1C. The fourth-order valence-electron chi connectivity index (χ4n) is 2.57. The molecular weight excluding hydrogens is 288 g/mol. The van der Waals surface area contributed by atoms with Crippen LogP contribution in [0.4, 0.5) is 0 Å². The molecule has 7 heteroatoms. The van der Waals surface area contributed by atoms with Crippen LogP contribution in [0.5, 0.6) is 0 Å². The van der Waals surface area contributed by atoms with E-state index in [0.717, 1.165) is 37.5 Å². The first-order valence-corrected chi connectivity index (χ1v) is 8.50. The van der Waals surface area contributed by atoms with Gasteiger partial charge in [-0.3, -0.25) is 4.79 Å². The van der Waals surface area contributed by atoms with Crippen molar-refractivity contribution in [2.45, 2.75) is 50.4 Å². The second-order valence-corrected chi connectivity index (χ2v) is 6.32. The van der Waals surface area contributed by atoms with Crippen LogP contribution in [0.3, 0.4) is 0 Å². The van der Waals surface area contributed by atoms with Crippen molar-refractivity contribution in [2.24, 2.45) is 0 Å². The lowest BCUT2D eigenvalue weighted by atomic mass is 10.0. The minimum Gasteiger partial charge on any atom is -0.385 e. The van der Waals surface area contributed by atoms with Gasteiger partial charge in [0.05, 0.1) is 5.75 Å². The smallest absolute Gasteiger partial charge is 0.233 e. The summed E-state index contributed by atoms with van der Waals surface area (Å²) in [5.41, 5.74) is 0. The van der Waals surface area contributed by atoms with Crippen LogP contribution in [0.15, 0.2) is 11.5 Å². The van der Waals surface area contributed by atoms with Crippen LogP contribution in [0.1, 0.15) is 32.6 Å². The van der Waals surface area contributed by atoms with Gasteiger partial charge in [0.25, 0.3) is 0 Å². The van der Waals surface area contributed by atoms with Gasteiger partial charge in [0.1, 0.15) is 6.33 Å². The predicted octanol–water partition coefficient (Wildman–Crippen LogP) is 1.81. The first-order chi connectivity index (χ1) is 10.2. The normalized spacial score (nSPS) is 19.0. The number of ether oxygens (including phenoxy) is 1. The van der Waals surface area contributed by atoms with Crippen LogP contribution in [-0.2, 0) is 16.1 Å². The number of likely N-dealkylation sites (tertiary alicyclic amines) is 1. The number of aromatic nitrogens is 3. The summed E-state index contributed by atoms with van der Waals surface area (Å²) in [5.74, 6) is 0.645. The van der Waals surface area contributed by atoms with Gasteiger partial charge in [0.15, 0.2) is 5.16 Å². The largest absolute Gasteiger partial charge is 0.385 e. The summed E-state index contributed by atoms with van der Waals surface area (Å²) in [6.45, 7) is 4.56. The van der Waals surface area contributed by atoms with E-state index in [1.807, 2.05) is 9.47 Å². The van der Waals surface area contributed by atoms with Crippen molar-refractivity contribution in [1.29, 1.82) is 0 Å². The molecule has 1 aliphatic rings. The zero-order valence-corrected chi connectivity index (χ0v) is 13.6. The number of methoxy groups -OCH3 is 1. The number of carbonyl (C=O) groups excluding carboxylic acids is 1. The third kappa shape index (κ3) is 4.71. The van der Waals surface area contributed by atoms with E-state index in [1.165, 1.54) is 18.2 Å². The summed E-state index contributed by atoms with van der Waals surface area (Å²) in [4.78, 5) is 14.3.